The van der Waals surface area contributed by atoms with Crippen molar-refractivity contribution in [3.05, 3.63) is 44.8 Å². The first-order chi connectivity index (χ1) is 9.67. The summed E-state index contributed by atoms with van der Waals surface area (Å²) in [5.41, 5.74) is 0.408. The van der Waals surface area contributed by atoms with E-state index in [1.807, 2.05) is 22.7 Å². The minimum atomic E-state index is 0.373. The monoisotopic (exact) mass is 305 g/mol. The first-order valence-electron chi connectivity index (χ1n) is 7.50. The summed E-state index contributed by atoms with van der Waals surface area (Å²) in [6.07, 6.45) is 5.39. The SMILES string of the molecule is CC1(C)CCCCC1NC(c1cccs1)c1cccs1. The molecule has 0 aromatic carbocycles. The molecular formula is C17H23NS2. The van der Waals surface area contributed by atoms with E-state index in [2.05, 4.69) is 54.2 Å². The fraction of sp³-hybridized carbons (Fsp3) is 0.529. The maximum absolute atomic E-state index is 3.97. The molecule has 20 heavy (non-hydrogen) atoms. The molecular weight excluding hydrogens is 282 g/mol. The Balaban J connectivity index is 1.84. The molecule has 3 rings (SSSR count). The standard InChI is InChI=1S/C17H23NS2/c1-17(2)10-4-3-9-15(17)18-16(13-7-5-11-19-13)14-8-6-12-20-14/h5-8,11-12,15-16,18H,3-4,9-10H2,1-2H3. The second-order valence-corrected chi connectivity index (χ2v) is 8.38. The maximum Gasteiger partial charge on any atom is 0.0767 e. The number of nitrogens with one attached hydrogen (secondary N) is 1. The molecule has 0 bridgehead atoms. The molecule has 1 unspecified atom stereocenters. The summed E-state index contributed by atoms with van der Waals surface area (Å²) in [6.45, 7) is 4.84. The zero-order chi connectivity index (χ0) is 14.0. The Kier molecular flexibility index (Phi) is 4.29. The van der Waals surface area contributed by atoms with E-state index in [0.717, 1.165) is 0 Å². The molecule has 0 spiro atoms. The van der Waals surface area contributed by atoms with E-state index < -0.39 is 0 Å². The highest BCUT2D eigenvalue weighted by atomic mass is 32.1. The first-order valence-corrected chi connectivity index (χ1v) is 9.25. The van der Waals surface area contributed by atoms with Gasteiger partial charge in [-0.3, -0.25) is 0 Å². The average Bonchev–Trinajstić information content (AvgIpc) is 3.10. The number of thiophene rings is 2. The van der Waals surface area contributed by atoms with Gasteiger partial charge in [-0.2, -0.15) is 0 Å². The van der Waals surface area contributed by atoms with Crippen LogP contribution in [-0.4, -0.2) is 6.04 Å². The van der Waals surface area contributed by atoms with E-state index >= 15 is 0 Å². The lowest BCUT2D eigenvalue weighted by Gasteiger charge is -2.41. The molecule has 0 aliphatic heterocycles. The van der Waals surface area contributed by atoms with Crippen molar-refractivity contribution in [3.63, 3.8) is 0 Å². The number of hydrogen-bond donors (Lipinski definition) is 1. The molecule has 2 heterocycles. The third kappa shape index (κ3) is 3.00. The van der Waals surface area contributed by atoms with Crippen molar-refractivity contribution in [2.24, 2.45) is 5.41 Å². The van der Waals surface area contributed by atoms with E-state index in [-0.39, 0.29) is 0 Å². The van der Waals surface area contributed by atoms with Crippen LogP contribution in [0.3, 0.4) is 0 Å². The Labute approximate surface area is 130 Å². The molecule has 0 radical (unpaired) electrons. The Hall–Kier alpha value is -0.640. The van der Waals surface area contributed by atoms with Crippen molar-refractivity contribution in [1.82, 2.24) is 5.32 Å². The van der Waals surface area contributed by atoms with Gasteiger partial charge < -0.3 is 5.32 Å². The molecule has 1 saturated carbocycles. The van der Waals surface area contributed by atoms with Crippen LogP contribution in [-0.2, 0) is 0 Å². The van der Waals surface area contributed by atoms with E-state index in [1.165, 1.54) is 35.4 Å². The van der Waals surface area contributed by atoms with Crippen molar-refractivity contribution in [3.8, 4) is 0 Å². The molecule has 1 aliphatic carbocycles. The maximum atomic E-state index is 3.97. The minimum Gasteiger partial charge on any atom is -0.302 e. The summed E-state index contributed by atoms with van der Waals surface area (Å²) in [5.74, 6) is 0. The number of rotatable bonds is 4. The molecule has 1 nitrogen and oxygen atoms in total. The van der Waals surface area contributed by atoms with Crippen molar-refractivity contribution in [1.29, 1.82) is 0 Å². The average molecular weight is 306 g/mol. The van der Waals surface area contributed by atoms with Gasteiger partial charge in [-0.1, -0.05) is 38.8 Å². The van der Waals surface area contributed by atoms with Crippen LogP contribution in [0.25, 0.3) is 0 Å². The van der Waals surface area contributed by atoms with Crippen molar-refractivity contribution < 1.29 is 0 Å². The van der Waals surface area contributed by atoms with Crippen LogP contribution >= 0.6 is 22.7 Å². The van der Waals surface area contributed by atoms with Crippen molar-refractivity contribution in [2.45, 2.75) is 51.6 Å². The highest BCUT2D eigenvalue weighted by Crippen LogP contribution is 2.38. The second-order valence-electron chi connectivity index (χ2n) is 6.42. The first kappa shape index (κ1) is 14.3. The Morgan fingerprint density at radius 2 is 1.75 bits per heavy atom. The predicted octanol–water partition coefficient (Wildman–Crippen LogP) is 5.46. The third-order valence-corrected chi connectivity index (χ3v) is 6.40. The van der Waals surface area contributed by atoms with Gasteiger partial charge in [0.15, 0.2) is 0 Å². The molecule has 108 valence electrons. The highest BCUT2D eigenvalue weighted by molar-refractivity contribution is 7.11. The molecule has 3 heteroatoms. The lowest BCUT2D eigenvalue weighted by Crippen LogP contribution is -2.45. The fourth-order valence-electron chi connectivity index (χ4n) is 3.22. The molecule has 1 fully saturated rings. The van der Waals surface area contributed by atoms with Crippen LogP contribution in [0.15, 0.2) is 35.0 Å². The van der Waals surface area contributed by atoms with Crippen LogP contribution in [0.1, 0.15) is 55.3 Å². The van der Waals surface area contributed by atoms with Crippen LogP contribution in [0.5, 0.6) is 0 Å². The Morgan fingerprint density at radius 1 is 1.10 bits per heavy atom. The Bertz CT molecular complexity index is 479. The quantitative estimate of drug-likeness (QED) is 0.791. The van der Waals surface area contributed by atoms with Crippen molar-refractivity contribution in [2.75, 3.05) is 0 Å². The Morgan fingerprint density at radius 3 is 2.25 bits per heavy atom. The minimum absolute atomic E-state index is 0.373. The van der Waals surface area contributed by atoms with Gasteiger partial charge in [0.2, 0.25) is 0 Å². The predicted molar refractivity (Wildman–Crippen MR) is 89.7 cm³/mol. The summed E-state index contributed by atoms with van der Waals surface area (Å²) >= 11 is 3.72. The van der Waals surface area contributed by atoms with Crippen molar-refractivity contribution >= 4 is 22.7 Å². The van der Waals surface area contributed by atoms with Gasteiger partial charge in [-0.25, -0.2) is 0 Å². The normalized spacial score (nSPS) is 22.2. The summed E-state index contributed by atoms with van der Waals surface area (Å²) in [6, 6.07) is 9.83. The fourth-order valence-corrected chi connectivity index (χ4v) is 4.90. The second kappa shape index (κ2) is 6.00. The summed E-state index contributed by atoms with van der Waals surface area (Å²) in [5, 5.41) is 8.34. The smallest absolute Gasteiger partial charge is 0.0767 e. The van der Waals surface area contributed by atoms with Crippen LogP contribution in [0.4, 0.5) is 0 Å². The zero-order valence-corrected chi connectivity index (χ0v) is 13.9. The lowest BCUT2D eigenvalue weighted by atomic mass is 9.73. The molecule has 0 amide bonds. The summed E-state index contributed by atoms with van der Waals surface area (Å²) in [7, 11) is 0. The molecule has 1 aliphatic rings. The molecule has 2 aromatic heterocycles. The summed E-state index contributed by atoms with van der Waals surface area (Å²) in [4.78, 5) is 2.88. The van der Waals surface area contributed by atoms with Crippen LogP contribution < -0.4 is 5.32 Å². The van der Waals surface area contributed by atoms with E-state index in [4.69, 9.17) is 0 Å². The van der Waals surface area contributed by atoms with Crippen LogP contribution in [0, 0.1) is 5.41 Å². The van der Waals surface area contributed by atoms with Gasteiger partial charge in [-0.15, -0.1) is 22.7 Å². The number of hydrogen-bond acceptors (Lipinski definition) is 3. The largest absolute Gasteiger partial charge is 0.302 e. The van der Waals surface area contributed by atoms with Gasteiger partial charge in [0.1, 0.15) is 0 Å². The highest BCUT2D eigenvalue weighted by Gasteiger charge is 2.34. The van der Waals surface area contributed by atoms with E-state index in [0.29, 0.717) is 17.5 Å². The van der Waals surface area contributed by atoms with E-state index in [1.54, 1.807) is 0 Å². The zero-order valence-electron chi connectivity index (χ0n) is 12.3. The van der Waals surface area contributed by atoms with Gasteiger partial charge in [0.05, 0.1) is 6.04 Å². The van der Waals surface area contributed by atoms with Crippen LogP contribution in [0.2, 0.25) is 0 Å². The van der Waals surface area contributed by atoms with E-state index in [9.17, 15) is 0 Å². The third-order valence-electron chi connectivity index (χ3n) is 4.53. The molecule has 1 atom stereocenters. The molecule has 0 saturated heterocycles. The molecule has 2 aromatic rings. The van der Waals surface area contributed by atoms with Gasteiger partial charge in [0, 0.05) is 15.8 Å². The topological polar surface area (TPSA) is 12.0 Å². The lowest BCUT2D eigenvalue weighted by molar-refractivity contribution is 0.161. The van der Waals surface area contributed by atoms with Gasteiger partial charge >= 0.3 is 0 Å². The van der Waals surface area contributed by atoms with Gasteiger partial charge in [-0.05, 0) is 41.1 Å². The summed E-state index contributed by atoms with van der Waals surface area (Å²) < 4.78 is 0. The van der Waals surface area contributed by atoms with Gasteiger partial charge in [0.25, 0.3) is 0 Å². The molecule has 1 N–H and O–H groups in total.